The van der Waals surface area contributed by atoms with Crippen LogP contribution < -0.4 is 0 Å². The predicted molar refractivity (Wildman–Crippen MR) is 90.5 cm³/mol. The molecule has 2 heterocycles. The molecule has 5 heteroatoms. The lowest BCUT2D eigenvalue weighted by Crippen LogP contribution is -2.30. The van der Waals surface area contributed by atoms with Gasteiger partial charge in [0.05, 0.1) is 5.92 Å². The van der Waals surface area contributed by atoms with Crippen molar-refractivity contribution in [3.63, 3.8) is 0 Å². The number of benzene rings is 1. The maximum absolute atomic E-state index is 12.6. The van der Waals surface area contributed by atoms with Crippen molar-refractivity contribution in [2.45, 2.75) is 25.8 Å². The molecule has 2 aromatic rings. The molecule has 1 N–H and O–H groups in total. The van der Waals surface area contributed by atoms with Crippen LogP contribution >= 0.6 is 0 Å². The molecule has 0 radical (unpaired) electrons. The van der Waals surface area contributed by atoms with Gasteiger partial charge in [0, 0.05) is 37.8 Å². The normalized spacial score (nSPS) is 23.8. The Kier molecular flexibility index (Phi) is 3.79. The molecule has 1 saturated carbocycles. The molecular weight excluding hydrogens is 304 g/mol. The number of hydrogen-bond donors (Lipinski definition) is 1. The van der Waals surface area contributed by atoms with Crippen LogP contribution in [0.15, 0.2) is 36.5 Å². The van der Waals surface area contributed by atoms with Crippen LogP contribution in [0.4, 0.5) is 0 Å². The van der Waals surface area contributed by atoms with Gasteiger partial charge < -0.3 is 14.6 Å². The molecule has 1 aliphatic heterocycles. The van der Waals surface area contributed by atoms with Crippen LogP contribution in [-0.2, 0) is 16.1 Å². The molecule has 1 saturated heterocycles. The second-order valence-corrected chi connectivity index (χ2v) is 7.06. The van der Waals surface area contributed by atoms with Crippen molar-refractivity contribution in [1.29, 1.82) is 0 Å². The Balaban J connectivity index is 1.40. The fraction of sp³-hybridized carbons (Fsp3) is 0.474. The van der Waals surface area contributed by atoms with E-state index in [9.17, 15) is 14.7 Å². The summed E-state index contributed by atoms with van der Waals surface area (Å²) in [5.74, 6) is -0.397. The van der Waals surface area contributed by atoms with Crippen LogP contribution in [0, 0.1) is 17.8 Å². The lowest BCUT2D eigenvalue weighted by molar-refractivity contribution is -0.142. The monoisotopic (exact) mass is 326 g/mol. The predicted octanol–water partition coefficient (Wildman–Crippen LogP) is 2.60. The van der Waals surface area contributed by atoms with E-state index in [1.54, 1.807) is 4.90 Å². The number of rotatable bonds is 5. The van der Waals surface area contributed by atoms with Gasteiger partial charge in [-0.25, -0.2) is 0 Å². The standard InChI is InChI=1S/C19H22N2O3/c22-18(8-10-20-9-7-14-3-1-2-4-17(14)20)21-11-15(13-5-6-13)16(12-21)19(23)24/h1-4,7,9,13,15-16H,5-6,8,10-12H2,(H,23,24)/t15-,16+/m1/s1. The topological polar surface area (TPSA) is 62.5 Å². The van der Waals surface area contributed by atoms with Crippen molar-refractivity contribution >= 4 is 22.8 Å². The number of aliphatic carboxylic acids is 1. The minimum atomic E-state index is -0.751. The van der Waals surface area contributed by atoms with Crippen molar-refractivity contribution in [1.82, 2.24) is 9.47 Å². The summed E-state index contributed by atoms with van der Waals surface area (Å²) < 4.78 is 2.09. The second kappa shape index (κ2) is 5.96. The van der Waals surface area contributed by atoms with Crippen molar-refractivity contribution in [3.05, 3.63) is 36.5 Å². The van der Waals surface area contributed by atoms with E-state index in [2.05, 4.69) is 22.8 Å². The van der Waals surface area contributed by atoms with Gasteiger partial charge in [-0.1, -0.05) is 18.2 Å². The molecule has 24 heavy (non-hydrogen) atoms. The van der Waals surface area contributed by atoms with E-state index >= 15 is 0 Å². The number of carbonyl (C=O) groups is 2. The lowest BCUT2D eigenvalue weighted by atomic mass is 9.92. The third-order valence-electron chi connectivity index (χ3n) is 5.51. The molecule has 1 aliphatic carbocycles. The summed E-state index contributed by atoms with van der Waals surface area (Å²) in [6.45, 7) is 1.63. The summed E-state index contributed by atoms with van der Waals surface area (Å²) in [6.07, 6.45) is 4.66. The first-order valence-electron chi connectivity index (χ1n) is 8.68. The maximum atomic E-state index is 12.6. The van der Waals surface area contributed by atoms with Crippen LogP contribution in [0.5, 0.6) is 0 Å². The molecule has 1 amide bonds. The Morgan fingerprint density at radius 2 is 1.92 bits per heavy atom. The highest BCUT2D eigenvalue weighted by Gasteiger charge is 2.46. The number of amides is 1. The fourth-order valence-corrected chi connectivity index (χ4v) is 4.01. The van der Waals surface area contributed by atoms with E-state index in [1.165, 1.54) is 5.39 Å². The van der Waals surface area contributed by atoms with Crippen molar-refractivity contribution < 1.29 is 14.7 Å². The zero-order valence-electron chi connectivity index (χ0n) is 13.6. The summed E-state index contributed by atoms with van der Waals surface area (Å²) in [5.41, 5.74) is 1.13. The number of carboxylic acids is 1. The van der Waals surface area contributed by atoms with Crippen LogP contribution in [-0.4, -0.2) is 39.5 Å². The van der Waals surface area contributed by atoms with E-state index in [0.29, 0.717) is 32.0 Å². The van der Waals surface area contributed by atoms with Crippen LogP contribution in [0.25, 0.3) is 10.9 Å². The number of hydrogen-bond acceptors (Lipinski definition) is 2. The molecule has 5 nitrogen and oxygen atoms in total. The largest absolute Gasteiger partial charge is 0.481 e. The molecule has 4 rings (SSSR count). The SMILES string of the molecule is O=C(O)[C@H]1CN(C(=O)CCn2ccc3ccccc32)C[C@@H]1C1CC1. The average Bonchev–Trinajstić information content (AvgIpc) is 3.19. The lowest BCUT2D eigenvalue weighted by Gasteiger charge is -2.16. The minimum Gasteiger partial charge on any atom is -0.481 e. The molecule has 1 aromatic carbocycles. The van der Waals surface area contributed by atoms with Gasteiger partial charge in [0.1, 0.15) is 0 Å². The van der Waals surface area contributed by atoms with Crippen molar-refractivity contribution in [3.8, 4) is 0 Å². The Labute approximate surface area is 140 Å². The summed E-state index contributed by atoms with van der Waals surface area (Å²) in [5, 5.41) is 10.6. The van der Waals surface area contributed by atoms with Gasteiger partial charge in [-0.3, -0.25) is 9.59 Å². The number of fused-ring (bicyclic) bond motifs is 1. The van der Waals surface area contributed by atoms with E-state index in [1.807, 2.05) is 18.3 Å². The summed E-state index contributed by atoms with van der Waals surface area (Å²) in [7, 11) is 0. The van der Waals surface area contributed by atoms with Crippen LogP contribution in [0.2, 0.25) is 0 Å². The fourth-order valence-electron chi connectivity index (χ4n) is 4.01. The first-order valence-corrected chi connectivity index (χ1v) is 8.68. The average molecular weight is 326 g/mol. The molecule has 0 unspecified atom stereocenters. The number of aromatic nitrogens is 1. The number of carboxylic acid groups (broad SMARTS) is 1. The number of likely N-dealkylation sites (tertiary alicyclic amines) is 1. The Morgan fingerprint density at radius 1 is 1.12 bits per heavy atom. The van der Waals surface area contributed by atoms with Gasteiger partial charge >= 0.3 is 5.97 Å². The quantitative estimate of drug-likeness (QED) is 0.918. The second-order valence-electron chi connectivity index (χ2n) is 7.06. The summed E-state index contributed by atoms with van der Waals surface area (Å²) in [6, 6.07) is 10.2. The number of carbonyl (C=O) groups excluding carboxylic acids is 1. The summed E-state index contributed by atoms with van der Waals surface area (Å²) >= 11 is 0. The smallest absolute Gasteiger partial charge is 0.308 e. The van der Waals surface area contributed by atoms with Crippen LogP contribution in [0.3, 0.4) is 0 Å². The molecule has 0 spiro atoms. The third-order valence-corrected chi connectivity index (χ3v) is 5.51. The molecule has 0 bridgehead atoms. The zero-order valence-corrected chi connectivity index (χ0v) is 13.6. The van der Waals surface area contributed by atoms with Crippen molar-refractivity contribution in [2.24, 2.45) is 17.8 Å². The molecule has 126 valence electrons. The zero-order chi connectivity index (χ0) is 16.7. The maximum Gasteiger partial charge on any atom is 0.308 e. The Morgan fingerprint density at radius 3 is 2.67 bits per heavy atom. The number of nitrogens with zero attached hydrogens (tertiary/aromatic N) is 2. The molecule has 2 fully saturated rings. The molecular formula is C19H22N2O3. The number of aryl methyl sites for hydroxylation is 1. The van der Waals surface area contributed by atoms with E-state index in [0.717, 1.165) is 18.4 Å². The third kappa shape index (κ3) is 2.79. The van der Waals surface area contributed by atoms with Gasteiger partial charge in [0.25, 0.3) is 0 Å². The highest BCUT2D eigenvalue weighted by atomic mass is 16.4. The molecule has 2 aliphatic rings. The Hall–Kier alpha value is -2.30. The van der Waals surface area contributed by atoms with Crippen LogP contribution in [0.1, 0.15) is 19.3 Å². The van der Waals surface area contributed by atoms with E-state index in [-0.39, 0.29) is 17.7 Å². The highest BCUT2D eigenvalue weighted by molar-refractivity contribution is 5.81. The first-order chi connectivity index (χ1) is 11.6. The van der Waals surface area contributed by atoms with Gasteiger partial charge in [-0.05, 0) is 42.2 Å². The van der Waals surface area contributed by atoms with Gasteiger partial charge in [-0.2, -0.15) is 0 Å². The Bertz CT molecular complexity index is 778. The summed E-state index contributed by atoms with van der Waals surface area (Å²) in [4.78, 5) is 25.8. The van der Waals surface area contributed by atoms with Gasteiger partial charge in [0.15, 0.2) is 0 Å². The molecule has 1 aromatic heterocycles. The van der Waals surface area contributed by atoms with Gasteiger partial charge in [-0.15, -0.1) is 0 Å². The van der Waals surface area contributed by atoms with Crippen molar-refractivity contribution in [2.75, 3.05) is 13.1 Å². The van der Waals surface area contributed by atoms with E-state index < -0.39 is 5.97 Å². The first kappa shape index (κ1) is 15.2. The van der Waals surface area contributed by atoms with E-state index in [4.69, 9.17) is 0 Å². The molecule has 2 atom stereocenters. The number of para-hydroxylation sites is 1. The van der Waals surface area contributed by atoms with Gasteiger partial charge in [0.2, 0.25) is 5.91 Å². The highest BCUT2D eigenvalue weighted by Crippen LogP contribution is 2.44. The minimum absolute atomic E-state index is 0.0715.